The molecule has 7 nitrogen and oxygen atoms in total. The molecule has 0 radical (unpaired) electrons. The average molecular weight is 482 g/mol. The van der Waals surface area contributed by atoms with E-state index in [2.05, 4.69) is 70.9 Å². The Morgan fingerprint density at radius 1 is 0.944 bits per heavy atom. The first-order valence-electron chi connectivity index (χ1n) is 12.3. The van der Waals surface area contributed by atoms with E-state index in [0.717, 1.165) is 48.4 Å². The predicted octanol–water partition coefficient (Wildman–Crippen LogP) is 5.03. The van der Waals surface area contributed by atoms with Gasteiger partial charge in [-0.3, -0.25) is 4.79 Å². The molecule has 1 fully saturated rings. The normalized spacial score (nSPS) is 14.5. The summed E-state index contributed by atoms with van der Waals surface area (Å²) >= 11 is 0. The molecule has 3 aromatic carbocycles. The Labute approximate surface area is 211 Å². The van der Waals surface area contributed by atoms with Crippen molar-refractivity contribution in [3.05, 3.63) is 95.8 Å². The molecule has 0 atom stereocenters. The lowest BCUT2D eigenvalue weighted by molar-refractivity contribution is 0.102. The maximum atomic E-state index is 12.7. The average Bonchev–Trinajstić information content (AvgIpc) is 3.37. The highest BCUT2D eigenvalue weighted by Gasteiger charge is 2.18. The number of nitrogens with one attached hydrogen (secondary N) is 1. The summed E-state index contributed by atoms with van der Waals surface area (Å²) in [4.78, 5) is 15.0. The van der Waals surface area contributed by atoms with E-state index < -0.39 is 0 Å². The van der Waals surface area contributed by atoms with Crippen LogP contribution in [0.1, 0.15) is 34.5 Å². The number of likely N-dealkylation sites (tertiary alicyclic amines) is 1. The fourth-order valence-corrected chi connectivity index (χ4v) is 4.32. The number of anilines is 1. The lowest BCUT2D eigenvalue weighted by Crippen LogP contribution is -2.35. The third kappa shape index (κ3) is 5.98. The van der Waals surface area contributed by atoms with Crippen LogP contribution in [0.2, 0.25) is 0 Å². The zero-order valence-electron chi connectivity index (χ0n) is 20.7. The number of carbonyl (C=O) groups excluding carboxylic acids is 1. The van der Waals surface area contributed by atoms with Crippen molar-refractivity contribution >= 4 is 11.6 Å². The highest BCUT2D eigenvalue weighted by molar-refractivity contribution is 6.02. The van der Waals surface area contributed by atoms with E-state index >= 15 is 0 Å². The minimum absolute atomic E-state index is 0.284. The van der Waals surface area contributed by atoms with Gasteiger partial charge >= 0.3 is 0 Å². The van der Waals surface area contributed by atoms with Gasteiger partial charge < -0.3 is 15.0 Å². The molecule has 0 aliphatic carbocycles. The van der Waals surface area contributed by atoms with Crippen molar-refractivity contribution in [2.75, 3.05) is 25.5 Å². The van der Waals surface area contributed by atoms with Crippen LogP contribution >= 0.6 is 0 Å². The van der Waals surface area contributed by atoms with Gasteiger partial charge in [0.2, 0.25) is 0 Å². The zero-order valence-corrected chi connectivity index (χ0v) is 20.7. The minimum Gasteiger partial charge on any atom is -0.490 e. The molecule has 0 spiro atoms. The summed E-state index contributed by atoms with van der Waals surface area (Å²) < 4.78 is 7.82. The van der Waals surface area contributed by atoms with E-state index in [1.807, 2.05) is 36.4 Å². The molecule has 2 heterocycles. The number of amides is 1. The first-order valence-corrected chi connectivity index (χ1v) is 12.3. The molecule has 1 saturated heterocycles. The van der Waals surface area contributed by atoms with Gasteiger partial charge in [0, 0.05) is 18.8 Å². The Balaban J connectivity index is 1.16. The summed E-state index contributed by atoms with van der Waals surface area (Å²) in [6.45, 7) is 4.78. The molecule has 7 heteroatoms. The number of hydrogen-bond donors (Lipinski definition) is 1. The van der Waals surface area contributed by atoms with Crippen LogP contribution < -0.4 is 10.1 Å². The van der Waals surface area contributed by atoms with E-state index in [-0.39, 0.29) is 11.6 Å². The molecule has 184 valence electrons. The molecular weight excluding hydrogens is 450 g/mol. The third-order valence-electron chi connectivity index (χ3n) is 6.54. The smallest absolute Gasteiger partial charge is 0.277 e. The molecule has 1 aliphatic rings. The number of piperidine rings is 1. The van der Waals surface area contributed by atoms with Gasteiger partial charge in [-0.1, -0.05) is 59.3 Å². The molecule has 4 aromatic rings. The highest BCUT2D eigenvalue weighted by Crippen LogP contribution is 2.26. The van der Waals surface area contributed by atoms with Crippen LogP contribution in [0.3, 0.4) is 0 Å². The summed E-state index contributed by atoms with van der Waals surface area (Å²) in [6, 6.07) is 24.2. The highest BCUT2D eigenvalue weighted by atomic mass is 16.5. The molecule has 0 saturated carbocycles. The summed E-state index contributed by atoms with van der Waals surface area (Å²) in [6.07, 6.45) is 4.08. The Bertz CT molecular complexity index is 1290. The Morgan fingerprint density at radius 3 is 2.25 bits per heavy atom. The third-order valence-corrected chi connectivity index (χ3v) is 6.54. The topological polar surface area (TPSA) is 72.3 Å². The van der Waals surface area contributed by atoms with Gasteiger partial charge in [-0.25, -0.2) is 4.68 Å². The van der Waals surface area contributed by atoms with Crippen LogP contribution in [0.25, 0.3) is 11.1 Å². The molecule has 1 amide bonds. The van der Waals surface area contributed by atoms with Gasteiger partial charge in [0.05, 0.1) is 12.7 Å². The molecule has 36 heavy (non-hydrogen) atoms. The van der Waals surface area contributed by atoms with E-state index in [4.69, 9.17) is 4.74 Å². The second kappa shape index (κ2) is 10.7. The first-order chi connectivity index (χ1) is 17.5. The van der Waals surface area contributed by atoms with Gasteiger partial charge in [-0.15, -0.1) is 5.10 Å². The SMILES string of the molecule is Cc1ccc(Cn2cc(C(=O)Nc3ccc(-c4ccc(OC5CCN(C)CC5)cc4)cc3)nn2)cc1. The number of nitrogens with zero attached hydrogens (tertiary/aromatic N) is 4. The van der Waals surface area contributed by atoms with Crippen molar-refractivity contribution < 1.29 is 9.53 Å². The summed E-state index contributed by atoms with van der Waals surface area (Å²) in [5.41, 5.74) is 5.47. The second-order valence-electron chi connectivity index (χ2n) is 9.46. The largest absolute Gasteiger partial charge is 0.490 e. The van der Waals surface area contributed by atoms with Crippen molar-refractivity contribution in [1.29, 1.82) is 0 Å². The fourth-order valence-electron chi connectivity index (χ4n) is 4.32. The molecule has 0 unspecified atom stereocenters. The van der Waals surface area contributed by atoms with Crippen molar-refractivity contribution in [2.24, 2.45) is 0 Å². The number of benzene rings is 3. The van der Waals surface area contributed by atoms with E-state index in [0.29, 0.717) is 18.3 Å². The van der Waals surface area contributed by atoms with E-state index in [9.17, 15) is 4.79 Å². The maximum absolute atomic E-state index is 12.7. The number of ether oxygens (including phenoxy) is 1. The fraction of sp³-hybridized carbons (Fsp3) is 0.276. The van der Waals surface area contributed by atoms with E-state index in [1.54, 1.807) is 10.9 Å². The van der Waals surface area contributed by atoms with Crippen molar-refractivity contribution in [2.45, 2.75) is 32.4 Å². The predicted molar refractivity (Wildman–Crippen MR) is 141 cm³/mol. The number of carbonyl (C=O) groups is 1. The number of aryl methyl sites for hydroxylation is 1. The van der Waals surface area contributed by atoms with Crippen LogP contribution in [0.4, 0.5) is 5.69 Å². The maximum Gasteiger partial charge on any atom is 0.277 e. The van der Waals surface area contributed by atoms with Gasteiger partial charge in [0.25, 0.3) is 5.91 Å². The summed E-state index contributed by atoms with van der Waals surface area (Å²) in [7, 11) is 2.15. The molecular formula is C29H31N5O2. The number of aromatic nitrogens is 3. The number of hydrogen-bond acceptors (Lipinski definition) is 5. The molecule has 1 aliphatic heterocycles. The lowest BCUT2D eigenvalue weighted by atomic mass is 10.0. The van der Waals surface area contributed by atoms with Gasteiger partial charge in [-0.05, 0) is 67.8 Å². The van der Waals surface area contributed by atoms with Gasteiger partial charge in [-0.2, -0.15) is 0 Å². The van der Waals surface area contributed by atoms with Crippen LogP contribution in [-0.4, -0.2) is 52.0 Å². The monoisotopic (exact) mass is 481 g/mol. The van der Waals surface area contributed by atoms with Gasteiger partial charge in [0.1, 0.15) is 11.9 Å². The second-order valence-corrected chi connectivity index (χ2v) is 9.46. The van der Waals surface area contributed by atoms with Crippen LogP contribution in [-0.2, 0) is 6.54 Å². The minimum atomic E-state index is -0.284. The Kier molecular flexibility index (Phi) is 7.09. The summed E-state index contributed by atoms with van der Waals surface area (Å²) in [5, 5.41) is 11.0. The van der Waals surface area contributed by atoms with Crippen LogP contribution in [0.5, 0.6) is 5.75 Å². The standard InChI is InChI=1S/C29H31N5O2/c1-21-3-5-22(6-4-21)19-34-20-28(31-32-34)29(35)30-25-11-7-23(8-12-25)24-9-13-26(14-10-24)36-27-15-17-33(2)18-16-27/h3-14,20,27H,15-19H2,1-2H3,(H,30,35). The Morgan fingerprint density at radius 2 is 1.58 bits per heavy atom. The number of rotatable bonds is 7. The molecule has 1 aromatic heterocycles. The van der Waals surface area contributed by atoms with Crippen molar-refractivity contribution in [3.63, 3.8) is 0 Å². The van der Waals surface area contributed by atoms with Gasteiger partial charge in [0.15, 0.2) is 5.69 Å². The van der Waals surface area contributed by atoms with Crippen LogP contribution in [0, 0.1) is 6.92 Å². The summed E-state index contributed by atoms with van der Waals surface area (Å²) in [5.74, 6) is 0.626. The first kappa shape index (κ1) is 23.8. The van der Waals surface area contributed by atoms with Crippen molar-refractivity contribution in [3.8, 4) is 16.9 Å². The molecule has 5 rings (SSSR count). The molecule has 1 N–H and O–H groups in total. The zero-order chi connectivity index (χ0) is 24.9. The van der Waals surface area contributed by atoms with Crippen molar-refractivity contribution in [1.82, 2.24) is 19.9 Å². The lowest BCUT2D eigenvalue weighted by Gasteiger charge is -2.29. The quantitative estimate of drug-likeness (QED) is 0.401. The van der Waals surface area contributed by atoms with Crippen LogP contribution in [0.15, 0.2) is 79.0 Å². The molecule has 0 bridgehead atoms. The van der Waals surface area contributed by atoms with E-state index in [1.165, 1.54) is 5.56 Å². The Hall–Kier alpha value is -3.97.